The summed E-state index contributed by atoms with van der Waals surface area (Å²) in [6.45, 7) is 0. The van der Waals surface area contributed by atoms with Gasteiger partial charge in [-0.05, 0) is 59.0 Å². The molecule has 0 aliphatic carbocycles. The monoisotopic (exact) mass is 455 g/mol. The van der Waals surface area contributed by atoms with Crippen LogP contribution in [0.5, 0.6) is 5.75 Å². The molecule has 0 amide bonds. The number of hydrogen-bond donors (Lipinski definition) is 1. The van der Waals surface area contributed by atoms with E-state index in [1.165, 1.54) is 0 Å². The van der Waals surface area contributed by atoms with E-state index in [0.29, 0.717) is 11.1 Å². The van der Waals surface area contributed by atoms with E-state index in [4.69, 9.17) is 4.74 Å². The Morgan fingerprint density at radius 3 is 2.76 bits per heavy atom. The van der Waals surface area contributed by atoms with E-state index in [9.17, 15) is 4.79 Å². The maximum Gasteiger partial charge on any atom is 0.196 e. The van der Waals surface area contributed by atoms with Crippen molar-refractivity contribution in [2.45, 2.75) is 0 Å². The molecule has 1 heterocycles. The number of aromatic nitrogens is 1. The molecule has 0 radical (unpaired) electrons. The average Bonchev–Trinajstić information content (AvgIpc) is 2.91. The molecule has 0 saturated heterocycles. The Labute approximate surface area is 144 Å². The van der Waals surface area contributed by atoms with Crippen LogP contribution in [0.1, 0.15) is 15.9 Å². The van der Waals surface area contributed by atoms with Crippen LogP contribution in [0.15, 0.2) is 47.1 Å². The van der Waals surface area contributed by atoms with Crippen LogP contribution in [-0.4, -0.2) is 17.9 Å². The highest BCUT2D eigenvalue weighted by atomic mass is 127. The lowest BCUT2D eigenvalue weighted by Gasteiger charge is -2.05. The molecule has 0 atom stereocenters. The van der Waals surface area contributed by atoms with Gasteiger partial charge in [0.15, 0.2) is 5.78 Å². The number of ether oxygens (including phenoxy) is 1. The molecule has 106 valence electrons. The predicted molar refractivity (Wildman–Crippen MR) is 95.1 cm³/mol. The minimum atomic E-state index is 0.000188. The molecule has 0 aliphatic heterocycles. The zero-order valence-electron chi connectivity index (χ0n) is 11.1. The van der Waals surface area contributed by atoms with Crippen molar-refractivity contribution < 1.29 is 9.53 Å². The summed E-state index contributed by atoms with van der Waals surface area (Å²) < 4.78 is 7.06. The van der Waals surface area contributed by atoms with Gasteiger partial charge in [-0.3, -0.25) is 4.79 Å². The Hall–Kier alpha value is -1.34. The summed E-state index contributed by atoms with van der Waals surface area (Å²) in [4.78, 5) is 15.9. The molecule has 0 unspecified atom stereocenters. The number of carbonyl (C=O) groups is 1. The first-order valence-corrected chi connectivity index (χ1v) is 8.12. The first kappa shape index (κ1) is 14.6. The Morgan fingerprint density at radius 1 is 1.19 bits per heavy atom. The number of rotatable bonds is 3. The van der Waals surface area contributed by atoms with E-state index in [-0.39, 0.29) is 5.78 Å². The topological polar surface area (TPSA) is 42.1 Å². The molecule has 0 aliphatic rings. The van der Waals surface area contributed by atoms with E-state index in [2.05, 4.69) is 43.5 Å². The normalized spacial score (nSPS) is 10.8. The maximum absolute atomic E-state index is 12.8. The van der Waals surface area contributed by atoms with Crippen molar-refractivity contribution in [3.63, 3.8) is 0 Å². The third-order valence-corrected chi connectivity index (χ3v) is 4.74. The molecule has 0 bridgehead atoms. The van der Waals surface area contributed by atoms with Gasteiger partial charge in [-0.25, -0.2) is 0 Å². The molecule has 1 N–H and O–H groups in total. The number of halogens is 2. The molecule has 3 rings (SSSR count). The highest BCUT2D eigenvalue weighted by molar-refractivity contribution is 14.1. The summed E-state index contributed by atoms with van der Waals surface area (Å²) in [6.07, 6.45) is 1.75. The standard InChI is InChI=1S/C16H11BrINO2/c1-21-10-3-5-15-11(7-10)13(8-19-15)16(20)12-6-9(17)2-4-14(12)18/h2-8,19H,1H3. The van der Waals surface area contributed by atoms with Gasteiger partial charge in [-0.15, -0.1) is 0 Å². The Balaban J connectivity index is 2.15. The van der Waals surface area contributed by atoms with Crippen LogP contribution < -0.4 is 4.74 Å². The van der Waals surface area contributed by atoms with Crippen LogP contribution in [0.2, 0.25) is 0 Å². The number of aromatic amines is 1. The smallest absolute Gasteiger partial charge is 0.196 e. The first-order valence-electron chi connectivity index (χ1n) is 6.25. The summed E-state index contributed by atoms with van der Waals surface area (Å²) in [5, 5.41) is 0.870. The van der Waals surface area contributed by atoms with Gasteiger partial charge < -0.3 is 9.72 Å². The molecule has 1 aromatic heterocycles. The summed E-state index contributed by atoms with van der Waals surface area (Å²) in [7, 11) is 1.62. The van der Waals surface area contributed by atoms with Crippen molar-refractivity contribution in [1.82, 2.24) is 4.98 Å². The second-order valence-electron chi connectivity index (χ2n) is 4.57. The van der Waals surface area contributed by atoms with Crippen molar-refractivity contribution in [2.75, 3.05) is 7.11 Å². The van der Waals surface area contributed by atoms with Gasteiger partial charge in [-0.2, -0.15) is 0 Å². The zero-order valence-corrected chi connectivity index (χ0v) is 14.9. The van der Waals surface area contributed by atoms with E-state index >= 15 is 0 Å². The van der Waals surface area contributed by atoms with Crippen LogP contribution in [0.25, 0.3) is 10.9 Å². The molecule has 21 heavy (non-hydrogen) atoms. The number of nitrogens with one attached hydrogen (secondary N) is 1. The summed E-state index contributed by atoms with van der Waals surface area (Å²) >= 11 is 5.60. The van der Waals surface area contributed by atoms with Crippen molar-refractivity contribution in [3.8, 4) is 5.75 Å². The van der Waals surface area contributed by atoms with Crippen molar-refractivity contribution in [1.29, 1.82) is 0 Å². The van der Waals surface area contributed by atoms with Gasteiger partial charge >= 0.3 is 0 Å². The molecule has 0 saturated carbocycles. The number of hydrogen-bond acceptors (Lipinski definition) is 2. The lowest BCUT2D eigenvalue weighted by atomic mass is 10.0. The Morgan fingerprint density at radius 2 is 2.00 bits per heavy atom. The van der Waals surface area contributed by atoms with E-state index in [0.717, 1.165) is 24.7 Å². The van der Waals surface area contributed by atoms with Crippen molar-refractivity contribution >= 4 is 55.2 Å². The first-order chi connectivity index (χ1) is 10.1. The molecule has 0 fully saturated rings. The maximum atomic E-state index is 12.8. The summed E-state index contributed by atoms with van der Waals surface area (Å²) in [5.41, 5.74) is 2.26. The Bertz CT molecular complexity index is 841. The predicted octanol–water partition coefficient (Wildman–Crippen LogP) is 4.77. The van der Waals surface area contributed by atoms with Crippen LogP contribution in [0.3, 0.4) is 0 Å². The minimum Gasteiger partial charge on any atom is -0.497 e. The van der Waals surface area contributed by atoms with E-state index in [1.54, 1.807) is 13.3 Å². The largest absolute Gasteiger partial charge is 0.497 e. The number of fused-ring (bicyclic) bond motifs is 1. The van der Waals surface area contributed by atoms with Gasteiger partial charge in [0.25, 0.3) is 0 Å². The van der Waals surface area contributed by atoms with Crippen LogP contribution >= 0.6 is 38.5 Å². The van der Waals surface area contributed by atoms with E-state index in [1.807, 2.05) is 36.4 Å². The van der Waals surface area contributed by atoms with Gasteiger partial charge in [0.05, 0.1) is 7.11 Å². The summed E-state index contributed by atoms with van der Waals surface area (Å²) in [5.74, 6) is 0.736. The van der Waals surface area contributed by atoms with Crippen LogP contribution in [-0.2, 0) is 0 Å². The fourth-order valence-corrected chi connectivity index (χ4v) is 3.17. The lowest BCUT2D eigenvalue weighted by Crippen LogP contribution is -2.03. The molecular formula is C16H11BrINO2. The average molecular weight is 456 g/mol. The van der Waals surface area contributed by atoms with Crippen LogP contribution in [0.4, 0.5) is 0 Å². The fraction of sp³-hybridized carbons (Fsp3) is 0.0625. The van der Waals surface area contributed by atoms with Crippen molar-refractivity contribution in [2.24, 2.45) is 0 Å². The molecular weight excluding hydrogens is 445 g/mol. The number of ketones is 1. The highest BCUT2D eigenvalue weighted by Crippen LogP contribution is 2.27. The molecule has 2 aromatic carbocycles. The zero-order chi connectivity index (χ0) is 15.0. The molecule has 3 nitrogen and oxygen atoms in total. The molecule has 5 heteroatoms. The lowest BCUT2D eigenvalue weighted by molar-refractivity contribution is 0.103. The number of methoxy groups -OCH3 is 1. The number of benzene rings is 2. The third kappa shape index (κ3) is 2.72. The summed E-state index contributed by atoms with van der Waals surface area (Å²) in [6, 6.07) is 11.4. The minimum absolute atomic E-state index is 0.000188. The van der Waals surface area contributed by atoms with Crippen LogP contribution in [0, 0.1) is 3.57 Å². The third-order valence-electron chi connectivity index (χ3n) is 3.31. The SMILES string of the molecule is COc1ccc2[nH]cc(C(=O)c3cc(Br)ccc3I)c2c1. The number of H-pyrrole nitrogens is 1. The van der Waals surface area contributed by atoms with Gasteiger partial charge in [0.2, 0.25) is 0 Å². The van der Waals surface area contributed by atoms with Gasteiger partial charge in [0, 0.05) is 36.3 Å². The molecule has 3 aromatic rings. The van der Waals surface area contributed by atoms with Gasteiger partial charge in [-0.1, -0.05) is 15.9 Å². The number of carbonyl (C=O) groups excluding carboxylic acids is 1. The molecule has 0 spiro atoms. The quantitative estimate of drug-likeness (QED) is 0.456. The van der Waals surface area contributed by atoms with Crippen molar-refractivity contribution in [3.05, 3.63) is 61.8 Å². The van der Waals surface area contributed by atoms with Gasteiger partial charge in [0.1, 0.15) is 5.75 Å². The van der Waals surface area contributed by atoms with E-state index < -0.39 is 0 Å². The highest BCUT2D eigenvalue weighted by Gasteiger charge is 2.17. The fourth-order valence-electron chi connectivity index (χ4n) is 2.23. The Kier molecular flexibility index (Phi) is 4.03. The second-order valence-corrected chi connectivity index (χ2v) is 6.65. The second kappa shape index (κ2) is 5.81.